The Morgan fingerprint density at radius 2 is 1.54 bits per heavy atom. The van der Waals surface area contributed by atoms with Crippen molar-refractivity contribution in [1.82, 2.24) is 14.7 Å². The van der Waals surface area contributed by atoms with Crippen molar-refractivity contribution in [3.05, 3.63) is 108 Å². The van der Waals surface area contributed by atoms with Gasteiger partial charge in [0.05, 0.1) is 11.7 Å². The molecule has 4 rings (SSSR count). The first-order valence-corrected chi connectivity index (χ1v) is 9.59. The number of carbonyl (C=O) groups is 1. The summed E-state index contributed by atoms with van der Waals surface area (Å²) in [7, 11) is 0. The number of aromatic nitrogens is 2. The number of nitrogens with zero attached hydrogens (tertiary/aromatic N) is 2. The minimum absolute atomic E-state index is 0.0506. The zero-order chi connectivity index (χ0) is 19.2. The lowest BCUT2D eigenvalue weighted by molar-refractivity contribution is -0.121. The molecule has 140 valence electrons. The Balaban J connectivity index is 1.40. The van der Waals surface area contributed by atoms with Gasteiger partial charge in [0, 0.05) is 31.5 Å². The number of fused-ring (bicyclic) bond motifs is 1. The van der Waals surface area contributed by atoms with E-state index >= 15 is 0 Å². The summed E-state index contributed by atoms with van der Waals surface area (Å²) >= 11 is 0. The summed E-state index contributed by atoms with van der Waals surface area (Å²) in [6.45, 7) is 0.573. The van der Waals surface area contributed by atoms with Crippen LogP contribution in [0.25, 0.3) is 5.52 Å². The standard InChI is InChI=1S/C24H23N3O/c28-24(25-15-14-23-26-18-21-13-7-8-16-27(21)23)17-22(19-9-3-1-4-10-19)20-11-5-2-6-12-20/h1-13,16,18,22H,14-15,17H2,(H,25,28). The molecule has 0 spiro atoms. The molecule has 4 aromatic rings. The van der Waals surface area contributed by atoms with Crippen LogP contribution in [0.15, 0.2) is 91.3 Å². The summed E-state index contributed by atoms with van der Waals surface area (Å²) in [4.78, 5) is 17.1. The van der Waals surface area contributed by atoms with E-state index in [9.17, 15) is 4.79 Å². The highest BCUT2D eigenvalue weighted by molar-refractivity contribution is 5.77. The molecule has 2 aromatic carbocycles. The fourth-order valence-electron chi connectivity index (χ4n) is 3.55. The van der Waals surface area contributed by atoms with Crippen LogP contribution in [0.1, 0.15) is 29.3 Å². The predicted octanol–water partition coefficient (Wildman–Crippen LogP) is 4.22. The molecule has 0 saturated carbocycles. The van der Waals surface area contributed by atoms with Crippen molar-refractivity contribution in [1.29, 1.82) is 0 Å². The first-order chi connectivity index (χ1) is 13.8. The van der Waals surface area contributed by atoms with Gasteiger partial charge in [-0.25, -0.2) is 4.98 Å². The van der Waals surface area contributed by atoms with E-state index in [1.54, 1.807) is 0 Å². The lowest BCUT2D eigenvalue weighted by Gasteiger charge is -2.18. The largest absolute Gasteiger partial charge is 0.356 e. The molecule has 4 heteroatoms. The second-order valence-electron chi connectivity index (χ2n) is 6.85. The first kappa shape index (κ1) is 18.0. The number of rotatable bonds is 7. The molecule has 4 nitrogen and oxygen atoms in total. The highest BCUT2D eigenvalue weighted by Gasteiger charge is 2.18. The lowest BCUT2D eigenvalue weighted by atomic mass is 9.88. The molecule has 0 atom stereocenters. The van der Waals surface area contributed by atoms with Crippen molar-refractivity contribution in [2.75, 3.05) is 6.54 Å². The number of carbonyl (C=O) groups excluding carboxylic acids is 1. The topological polar surface area (TPSA) is 46.4 Å². The maximum absolute atomic E-state index is 12.7. The number of amides is 1. The van der Waals surface area contributed by atoms with Crippen molar-refractivity contribution in [2.45, 2.75) is 18.8 Å². The van der Waals surface area contributed by atoms with Crippen LogP contribution in [-0.4, -0.2) is 21.8 Å². The molecular weight excluding hydrogens is 346 g/mol. The highest BCUT2D eigenvalue weighted by Crippen LogP contribution is 2.27. The molecule has 0 aliphatic carbocycles. The van der Waals surface area contributed by atoms with Gasteiger partial charge in [-0.2, -0.15) is 0 Å². The molecule has 2 heterocycles. The van der Waals surface area contributed by atoms with Gasteiger partial charge in [0.2, 0.25) is 5.91 Å². The zero-order valence-electron chi connectivity index (χ0n) is 15.7. The summed E-state index contributed by atoms with van der Waals surface area (Å²) in [6, 6.07) is 26.4. The molecule has 0 bridgehead atoms. The maximum atomic E-state index is 12.7. The molecule has 1 amide bonds. The Kier molecular flexibility index (Phi) is 5.48. The molecular formula is C24H23N3O. The van der Waals surface area contributed by atoms with Crippen LogP contribution < -0.4 is 5.32 Å². The first-order valence-electron chi connectivity index (χ1n) is 9.59. The molecule has 1 N–H and O–H groups in total. The van der Waals surface area contributed by atoms with E-state index in [0.717, 1.165) is 22.5 Å². The van der Waals surface area contributed by atoms with Gasteiger partial charge in [0.1, 0.15) is 5.82 Å². The fourth-order valence-corrected chi connectivity index (χ4v) is 3.55. The fraction of sp³-hybridized carbons (Fsp3) is 0.167. The van der Waals surface area contributed by atoms with Gasteiger partial charge < -0.3 is 9.72 Å². The number of hydrogen-bond donors (Lipinski definition) is 1. The van der Waals surface area contributed by atoms with Crippen LogP contribution in [0.3, 0.4) is 0 Å². The van der Waals surface area contributed by atoms with Crippen molar-refractivity contribution in [3.8, 4) is 0 Å². The van der Waals surface area contributed by atoms with Crippen LogP contribution >= 0.6 is 0 Å². The molecule has 0 fully saturated rings. The van der Waals surface area contributed by atoms with Gasteiger partial charge in [-0.1, -0.05) is 66.7 Å². The van der Waals surface area contributed by atoms with E-state index in [4.69, 9.17) is 0 Å². The van der Waals surface area contributed by atoms with E-state index in [-0.39, 0.29) is 11.8 Å². The molecule has 0 saturated heterocycles. The van der Waals surface area contributed by atoms with Gasteiger partial charge in [-0.05, 0) is 23.3 Å². The number of benzene rings is 2. The predicted molar refractivity (Wildman–Crippen MR) is 111 cm³/mol. The van der Waals surface area contributed by atoms with E-state index in [0.29, 0.717) is 19.4 Å². The molecule has 0 radical (unpaired) electrons. The normalized spacial score (nSPS) is 11.0. The minimum Gasteiger partial charge on any atom is -0.356 e. The van der Waals surface area contributed by atoms with Crippen LogP contribution in [-0.2, 0) is 11.2 Å². The van der Waals surface area contributed by atoms with Crippen LogP contribution in [0, 0.1) is 0 Å². The smallest absolute Gasteiger partial charge is 0.220 e. The van der Waals surface area contributed by atoms with Crippen LogP contribution in [0.4, 0.5) is 0 Å². The lowest BCUT2D eigenvalue weighted by Crippen LogP contribution is -2.27. The maximum Gasteiger partial charge on any atom is 0.220 e. The monoisotopic (exact) mass is 369 g/mol. The quantitative estimate of drug-likeness (QED) is 0.530. The average Bonchev–Trinajstić information content (AvgIpc) is 3.16. The molecule has 0 unspecified atom stereocenters. The number of hydrogen-bond acceptors (Lipinski definition) is 2. The third-order valence-corrected chi connectivity index (χ3v) is 4.98. The second kappa shape index (κ2) is 8.53. The SMILES string of the molecule is O=C(CC(c1ccccc1)c1ccccc1)NCCc1ncc2ccccn12. The summed E-state index contributed by atoms with van der Waals surface area (Å²) in [6.07, 6.45) is 4.99. The van der Waals surface area contributed by atoms with Crippen LogP contribution in [0.2, 0.25) is 0 Å². The van der Waals surface area contributed by atoms with Crippen molar-refractivity contribution < 1.29 is 4.79 Å². The summed E-state index contributed by atoms with van der Waals surface area (Å²) < 4.78 is 2.06. The number of nitrogens with one attached hydrogen (secondary N) is 1. The zero-order valence-corrected chi connectivity index (χ0v) is 15.7. The van der Waals surface area contributed by atoms with Gasteiger partial charge in [0.15, 0.2) is 0 Å². The molecule has 0 aliphatic heterocycles. The Morgan fingerprint density at radius 1 is 0.893 bits per heavy atom. The van der Waals surface area contributed by atoms with Gasteiger partial charge >= 0.3 is 0 Å². The molecule has 2 aromatic heterocycles. The summed E-state index contributed by atoms with van der Waals surface area (Å²) in [5.74, 6) is 1.06. The highest BCUT2D eigenvalue weighted by atomic mass is 16.1. The Hall–Kier alpha value is -3.40. The van der Waals surface area contributed by atoms with E-state index < -0.39 is 0 Å². The third kappa shape index (κ3) is 4.12. The van der Waals surface area contributed by atoms with E-state index in [1.165, 1.54) is 0 Å². The Morgan fingerprint density at radius 3 is 2.21 bits per heavy atom. The number of pyridine rings is 1. The van der Waals surface area contributed by atoms with Crippen molar-refractivity contribution >= 4 is 11.4 Å². The Bertz CT molecular complexity index is 1000. The van der Waals surface area contributed by atoms with Gasteiger partial charge in [-0.15, -0.1) is 0 Å². The molecule has 28 heavy (non-hydrogen) atoms. The summed E-state index contributed by atoms with van der Waals surface area (Å²) in [5.41, 5.74) is 3.38. The number of imidazole rings is 1. The minimum atomic E-state index is 0.0506. The van der Waals surface area contributed by atoms with E-state index in [2.05, 4.69) is 39.0 Å². The van der Waals surface area contributed by atoms with Gasteiger partial charge in [0.25, 0.3) is 0 Å². The van der Waals surface area contributed by atoms with E-state index in [1.807, 2.05) is 67.0 Å². The van der Waals surface area contributed by atoms with Crippen molar-refractivity contribution in [3.63, 3.8) is 0 Å². The average molecular weight is 369 g/mol. The molecule has 0 aliphatic rings. The van der Waals surface area contributed by atoms with Gasteiger partial charge in [-0.3, -0.25) is 4.79 Å². The summed E-state index contributed by atoms with van der Waals surface area (Å²) in [5, 5.41) is 3.06. The Labute approximate surface area is 164 Å². The van der Waals surface area contributed by atoms with Crippen molar-refractivity contribution in [2.24, 2.45) is 0 Å². The third-order valence-electron chi connectivity index (χ3n) is 4.98. The van der Waals surface area contributed by atoms with Crippen LogP contribution in [0.5, 0.6) is 0 Å². The second-order valence-corrected chi connectivity index (χ2v) is 6.85.